The summed E-state index contributed by atoms with van der Waals surface area (Å²) in [5, 5.41) is 0. The molecule has 0 aliphatic carbocycles. The Morgan fingerprint density at radius 2 is 1.78 bits per heavy atom. The molecular formula is C26H32N2O7S. The maximum absolute atomic E-state index is 13.0. The van der Waals surface area contributed by atoms with Gasteiger partial charge in [0.2, 0.25) is 5.91 Å². The van der Waals surface area contributed by atoms with Crippen LogP contribution in [0.1, 0.15) is 60.7 Å². The van der Waals surface area contributed by atoms with Gasteiger partial charge in [-0.2, -0.15) is 8.42 Å². The maximum atomic E-state index is 13.0. The number of hydrogen-bond acceptors (Lipinski definition) is 7. The van der Waals surface area contributed by atoms with E-state index in [0.29, 0.717) is 17.5 Å². The SMILES string of the molecule is Cc1ccc(S(=O)(=O)OCCc2ccc3c(c2)CN([C@@H](CCC(=O)OC(C)(C)C)C(N)=O)C3=O)cc1. The Bertz CT molecular complexity index is 1250. The molecule has 194 valence electrons. The highest BCUT2D eigenvalue weighted by Gasteiger charge is 2.36. The molecule has 9 nitrogen and oxygen atoms in total. The zero-order chi connectivity index (χ0) is 26.7. The number of fused-ring (bicyclic) bond motifs is 1. The summed E-state index contributed by atoms with van der Waals surface area (Å²) in [6.45, 7) is 7.20. The summed E-state index contributed by atoms with van der Waals surface area (Å²) in [5.41, 5.74) is 7.77. The second-order valence-electron chi connectivity index (χ2n) is 9.81. The summed E-state index contributed by atoms with van der Waals surface area (Å²) in [6.07, 6.45) is 0.315. The van der Waals surface area contributed by atoms with Crippen molar-refractivity contribution in [3.05, 3.63) is 64.7 Å². The molecule has 0 saturated carbocycles. The highest BCUT2D eigenvalue weighted by Crippen LogP contribution is 2.28. The van der Waals surface area contributed by atoms with Gasteiger partial charge in [0.25, 0.3) is 16.0 Å². The summed E-state index contributed by atoms with van der Waals surface area (Å²) in [4.78, 5) is 38.6. The lowest BCUT2D eigenvalue weighted by atomic mass is 10.0. The zero-order valence-corrected chi connectivity index (χ0v) is 21.8. The number of benzene rings is 2. The van der Waals surface area contributed by atoms with Crippen LogP contribution in [0, 0.1) is 6.92 Å². The fourth-order valence-corrected chi connectivity index (χ4v) is 4.85. The van der Waals surface area contributed by atoms with Gasteiger partial charge in [-0.25, -0.2) is 0 Å². The fourth-order valence-electron chi connectivity index (χ4n) is 3.94. The zero-order valence-electron chi connectivity index (χ0n) is 20.9. The number of esters is 1. The first-order valence-corrected chi connectivity index (χ1v) is 13.1. The van der Waals surface area contributed by atoms with Gasteiger partial charge in [-0.3, -0.25) is 18.6 Å². The van der Waals surface area contributed by atoms with E-state index >= 15 is 0 Å². The molecule has 1 heterocycles. The molecule has 0 radical (unpaired) electrons. The maximum Gasteiger partial charge on any atom is 0.306 e. The van der Waals surface area contributed by atoms with Gasteiger partial charge in [-0.05, 0) is 69.9 Å². The average Bonchev–Trinajstić information content (AvgIpc) is 3.08. The van der Waals surface area contributed by atoms with Crippen molar-refractivity contribution >= 4 is 27.9 Å². The van der Waals surface area contributed by atoms with Gasteiger partial charge < -0.3 is 15.4 Å². The minimum Gasteiger partial charge on any atom is -0.460 e. The Labute approximate surface area is 211 Å². The van der Waals surface area contributed by atoms with Crippen molar-refractivity contribution in [3.63, 3.8) is 0 Å². The van der Waals surface area contributed by atoms with Gasteiger partial charge in [0.05, 0.1) is 11.5 Å². The monoisotopic (exact) mass is 516 g/mol. The number of rotatable bonds is 10. The Kier molecular flexibility index (Phi) is 8.20. The fraction of sp³-hybridized carbons (Fsp3) is 0.423. The van der Waals surface area contributed by atoms with Crippen LogP contribution in [0.4, 0.5) is 0 Å². The van der Waals surface area contributed by atoms with Crippen LogP contribution in [0.25, 0.3) is 0 Å². The highest BCUT2D eigenvalue weighted by atomic mass is 32.2. The van der Waals surface area contributed by atoms with Crippen molar-refractivity contribution in [2.75, 3.05) is 6.61 Å². The molecule has 2 aromatic rings. The lowest BCUT2D eigenvalue weighted by Gasteiger charge is -2.25. The Hall–Kier alpha value is -3.24. The van der Waals surface area contributed by atoms with E-state index in [0.717, 1.165) is 11.1 Å². The second kappa shape index (κ2) is 10.8. The topological polar surface area (TPSA) is 133 Å². The standard InChI is InChI=1S/C26H32N2O7S/c1-17-5-8-20(9-6-17)36(32,33)34-14-13-18-7-10-21-19(15-18)16-28(25(21)31)22(24(27)30)11-12-23(29)35-26(2,3)4/h5-10,15,22H,11-14,16H2,1-4H3,(H2,27,30)/t22-/m0/s1. The Balaban J connectivity index is 1.62. The molecule has 36 heavy (non-hydrogen) atoms. The van der Waals surface area contributed by atoms with Crippen LogP contribution in [0.3, 0.4) is 0 Å². The summed E-state index contributed by atoms with van der Waals surface area (Å²) < 4.78 is 35.2. The molecule has 2 N–H and O–H groups in total. The average molecular weight is 517 g/mol. The normalized spacial score (nSPS) is 14.4. The van der Waals surface area contributed by atoms with Gasteiger partial charge in [0.1, 0.15) is 11.6 Å². The van der Waals surface area contributed by atoms with E-state index in [-0.39, 0.29) is 36.8 Å². The summed E-state index contributed by atoms with van der Waals surface area (Å²) in [6, 6.07) is 10.6. The van der Waals surface area contributed by atoms with Crippen LogP contribution >= 0.6 is 0 Å². The van der Waals surface area contributed by atoms with E-state index in [2.05, 4.69) is 0 Å². The molecule has 0 saturated heterocycles. The Morgan fingerprint density at radius 1 is 1.11 bits per heavy atom. The first-order valence-electron chi connectivity index (χ1n) is 11.7. The molecule has 0 unspecified atom stereocenters. The number of nitrogens with zero attached hydrogens (tertiary/aromatic N) is 1. The molecule has 0 fully saturated rings. The quantitative estimate of drug-likeness (QED) is 0.379. The van der Waals surface area contributed by atoms with Crippen LogP contribution < -0.4 is 5.73 Å². The minimum atomic E-state index is -3.87. The van der Waals surface area contributed by atoms with E-state index in [1.807, 2.05) is 6.92 Å². The third-order valence-electron chi connectivity index (χ3n) is 5.69. The molecule has 1 aliphatic heterocycles. The molecule has 2 aromatic carbocycles. The highest BCUT2D eigenvalue weighted by molar-refractivity contribution is 7.86. The number of ether oxygens (including phenoxy) is 1. The Morgan fingerprint density at radius 3 is 2.39 bits per heavy atom. The molecule has 0 spiro atoms. The van der Waals surface area contributed by atoms with E-state index in [4.69, 9.17) is 14.7 Å². The largest absolute Gasteiger partial charge is 0.460 e. The third-order valence-corrected chi connectivity index (χ3v) is 7.01. The lowest BCUT2D eigenvalue weighted by molar-refractivity contribution is -0.155. The lowest BCUT2D eigenvalue weighted by Crippen LogP contribution is -2.45. The molecule has 1 aliphatic rings. The van der Waals surface area contributed by atoms with Crippen molar-refractivity contribution in [2.24, 2.45) is 5.73 Å². The van der Waals surface area contributed by atoms with E-state index < -0.39 is 33.6 Å². The molecule has 10 heteroatoms. The molecule has 0 bridgehead atoms. The number of carbonyl (C=O) groups excluding carboxylic acids is 3. The number of amides is 2. The molecule has 1 atom stereocenters. The van der Waals surface area contributed by atoms with Gasteiger partial charge in [0, 0.05) is 18.5 Å². The number of hydrogen-bond donors (Lipinski definition) is 1. The van der Waals surface area contributed by atoms with Crippen LogP contribution in [-0.4, -0.2) is 49.4 Å². The van der Waals surface area contributed by atoms with Crippen LogP contribution in [0.15, 0.2) is 47.4 Å². The predicted molar refractivity (Wildman–Crippen MR) is 132 cm³/mol. The number of primary amides is 1. The molecule has 3 rings (SSSR count). The molecular weight excluding hydrogens is 484 g/mol. The second-order valence-corrected chi connectivity index (χ2v) is 11.4. The van der Waals surface area contributed by atoms with Crippen molar-refractivity contribution in [1.29, 1.82) is 0 Å². The van der Waals surface area contributed by atoms with E-state index in [1.54, 1.807) is 51.1 Å². The van der Waals surface area contributed by atoms with Gasteiger partial charge in [-0.15, -0.1) is 0 Å². The summed E-state index contributed by atoms with van der Waals surface area (Å²) >= 11 is 0. The van der Waals surface area contributed by atoms with Gasteiger partial charge >= 0.3 is 5.97 Å². The smallest absolute Gasteiger partial charge is 0.306 e. The number of aryl methyl sites for hydroxylation is 1. The number of carbonyl (C=O) groups is 3. The van der Waals surface area contributed by atoms with Gasteiger partial charge in [0.15, 0.2) is 0 Å². The van der Waals surface area contributed by atoms with Crippen LogP contribution in [0.5, 0.6) is 0 Å². The van der Waals surface area contributed by atoms with Crippen molar-refractivity contribution in [2.45, 2.75) is 70.0 Å². The first kappa shape index (κ1) is 27.3. The summed E-state index contributed by atoms with van der Waals surface area (Å²) in [7, 11) is -3.87. The van der Waals surface area contributed by atoms with Crippen LogP contribution in [0.2, 0.25) is 0 Å². The van der Waals surface area contributed by atoms with Crippen LogP contribution in [-0.2, 0) is 41.6 Å². The predicted octanol–water partition coefficient (Wildman–Crippen LogP) is 2.87. The molecule has 2 amide bonds. The van der Waals surface area contributed by atoms with Crippen molar-refractivity contribution < 1.29 is 31.7 Å². The minimum absolute atomic E-state index is 0.0525. The van der Waals surface area contributed by atoms with Crippen molar-refractivity contribution in [3.8, 4) is 0 Å². The van der Waals surface area contributed by atoms with E-state index in [9.17, 15) is 22.8 Å². The van der Waals surface area contributed by atoms with E-state index in [1.165, 1.54) is 17.0 Å². The number of nitrogens with two attached hydrogens (primary N) is 1. The molecule has 0 aromatic heterocycles. The third kappa shape index (κ3) is 6.92. The summed E-state index contributed by atoms with van der Waals surface area (Å²) in [5.74, 6) is -1.52. The first-order chi connectivity index (χ1) is 16.8. The van der Waals surface area contributed by atoms with Crippen molar-refractivity contribution in [1.82, 2.24) is 4.90 Å². The van der Waals surface area contributed by atoms with Gasteiger partial charge in [-0.1, -0.05) is 29.8 Å².